The van der Waals surface area contributed by atoms with E-state index in [-0.39, 0.29) is 5.91 Å². The molecule has 0 saturated heterocycles. The molecule has 2 aromatic rings. The van der Waals surface area contributed by atoms with Crippen molar-refractivity contribution in [2.45, 2.75) is 13.0 Å². The smallest absolute Gasteiger partial charge is 0.265 e. The maximum atomic E-state index is 12.1. The van der Waals surface area contributed by atoms with Gasteiger partial charge in [-0.3, -0.25) is 4.79 Å². The first-order valence-corrected chi connectivity index (χ1v) is 7.39. The van der Waals surface area contributed by atoms with Gasteiger partial charge in [-0.15, -0.1) is 0 Å². The number of carbonyl (C=O) groups excluding carboxylic acids is 1. The fourth-order valence-electron chi connectivity index (χ4n) is 1.68. The van der Waals surface area contributed by atoms with Gasteiger partial charge in [0.05, 0.1) is 11.6 Å². The van der Waals surface area contributed by atoms with Crippen molar-refractivity contribution in [1.29, 1.82) is 5.26 Å². The summed E-state index contributed by atoms with van der Waals surface area (Å²) >= 11 is 2.20. The molecule has 0 spiro atoms. The second-order valence-electron chi connectivity index (χ2n) is 4.40. The number of ether oxygens (including phenoxy) is 1. The Labute approximate surface area is 136 Å². The highest BCUT2D eigenvalue weighted by atomic mass is 127. The zero-order chi connectivity index (χ0) is 15.2. The summed E-state index contributed by atoms with van der Waals surface area (Å²) in [7, 11) is 0. The quantitative estimate of drug-likeness (QED) is 0.810. The first-order valence-electron chi connectivity index (χ1n) is 6.32. The molecule has 0 radical (unpaired) electrons. The van der Waals surface area contributed by atoms with Crippen LogP contribution in [0.5, 0.6) is 5.75 Å². The maximum absolute atomic E-state index is 12.1. The largest absolute Gasteiger partial charge is 0.481 e. The molecule has 2 aromatic carbocycles. The van der Waals surface area contributed by atoms with Crippen LogP contribution in [0.1, 0.15) is 12.5 Å². The molecule has 0 aliphatic rings. The summed E-state index contributed by atoms with van der Waals surface area (Å²) in [6, 6.07) is 16.3. The molecule has 1 N–H and O–H groups in total. The molecule has 106 valence electrons. The number of nitriles is 1. The van der Waals surface area contributed by atoms with Crippen molar-refractivity contribution in [3.05, 3.63) is 57.7 Å². The van der Waals surface area contributed by atoms with Crippen LogP contribution in [-0.2, 0) is 4.79 Å². The van der Waals surface area contributed by atoms with Crippen LogP contribution in [0.25, 0.3) is 0 Å². The number of nitrogens with zero attached hydrogens (tertiary/aromatic N) is 1. The summed E-state index contributed by atoms with van der Waals surface area (Å²) in [4.78, 5) is 12.1. The molecule has 0 aromatic heterocycles. The Bertz CT molecular complexity index is 677. The van der Waals surface area contributed by atoms with Gasteiger partial charge in [0.15, 0.2) is 6.10 Å². The van der Waals surface area contributed by atoms with Gasteiger partial charge < -0.3 is 10.1 Å². The van der Waals surface area contributed by atoms with E-state index < -0.39 is 6.10 Å². The van der Waals surface area contributed by atoms with Gasteiger partial charge in [0.25, 0.3) is 5.91 Å². The second-order valence-corrected chi connectivity index (χ2v) is 5.64. The number of rotatable bonds is 4. The number of halogens is 1. The van der Waals surface area contributed by atoms with Gasteiger partial charge in [-0.25, -0.2) is 0 Å². The van der Waals surface area contributed by atoms with Crippen molar-refractivity contribution in [1.82, 2.24) is 0 Å². The first kappa shape index (κ1) is 15.3. The van der Waals surface area contributed by atoms with Crippen LogP contribution in [0.3, 0.4) is 0 Å². The SMILES string of the molecule is C[C@@H](Oc1ccc(I)cc1)C(=O)Nc1cccc(C#N)c1. The van der Waals surface area contributed by atoms with E-state index in [0.29, 0.717) is 17.0 Å². The van der Waals surface area contributed by atoms with Gasteiger partial charge in [-0.2, -0.15) is 5.26 Å². The van der Waals surface area contributed by atoms with Gasteiger partial charge in [-0.1, -0.05) is 6.07 Å². The van der Waals surface area contributed by atoms with Crippen molar-refractivity contribution in [2.24, 2.45) is 0 Å². The first-order chi connectivity index (χ1) is 10.1. The lowest BCUT2D eigenvalue weighted by molar-refractivity contribution is -0.122. The Kier molecular flexibility index (Phi) is 5.17. The molecule has 4 nitrogen and oxygen atoms in total. The predicted octanol–water partition coefficient (Wildman–Crippen LogP) is 3.57. The van der Waals surface area contributed by atoms with E-state index in [1.165, 1.54) is 0 Å². The van der Waals surface area contributed by atoms with Crippen molar-refractivity contribution >= 4 is 34.2 Å². The van der Waals surface area contributed by atoms with Crippen molar-refractivity contribution in [2.75, 3.05) is 5.32 Å². The lowest BCUT2D eigenvalue weighted by Crippen LogP contribution is -2.30. The Morgan fingerprint density at radius 3 is 2.67 bits per heavy atom. The normalized spacial score (nSPS) is 11.3. The minimum Gasteiger partial charge on any atom is -0.481 e. The number of amides is 1. The van der Waals surface area contributed by atoms with E-state index in [4.69, 9.17) is 10.00 Å². The topological polar surface area (TPSA) is 62.1 Å². The van der Waals surface area contributed by atoms with E-state index in [1.54, 1.807) is 31.2 Å². The zero-order valence-corrected chi connectivity index (χ0v) is 13.5. The van der Waals surface area contributed by atoms with E-state index >= 15 is 0 Å². The molecule has 0 fully saturated rings. The lowest BCUT2D eigenvalue weighted by atomic mass is 10.2. The third-order valence-electron chi connectivity index (χ3n) is 2.75. The van der Waals surface area contributed by atoms with E-state index in [2.05, 4.69) is 27.9 Å². The molecule has 0 aliphatic heterocycles. The lowest BCUT2D eigenvalue weighted by Gasteiger charge is -2.14. The van der Waals surface area contributed by atoms with Crippen molar-refractivity contribution in [3.8, 4) is 11.8 Å². The second kappa shape index (κ2) is 7.09. The number of hydrogen-bond donors (Lipinski definition) is 1. The number of nitrogens with one attached hydrogen (secondary N) is 1. The summed E-state index contributed by atoms with van der Waals surface area (Å²) in [6.07, 6.45) is -0.629. The fourth-order valence-corrected chi connectivity index (χ4v) is 2.04. The highest BCUT2D eigenvalue weighted by molar-refractivity contribution is 14.1. The zero-order valence-electron chi connectivity index (χ0n) is 11.3. The van der Waals surface area contributed by atoms with E-state index in [9.17, 15) is 4.79 Å². The molecular formula is C16H13IN2O2. The molecule has 1 atom stereocenters. The molecule has 0 saturated carbocycles. The summed E-state index contributed by atoms with van der Waals surface area (Å²) in [5.74, 6) is 0.382. The van der Waals surface area contributed by atoms with Crippen molar-refractivity contribution < 1.29 is 9.53 Å². The third kappa shape index (κ3) is 4.46. The minimum atomic E-state index is -0.629. The van der Waals surface area contributed by atoms with Gasteiger partial charge >= 0.3 is 0 Å². The van der Waals surface area contributed by atoms with Crippen LogP contribution in [-0.4, -0.2) is 12.0 Å². The molecule has 2 rings (SSSR count). The van der Waals surface area contributed by atoms with Crippen LogP contribution in [0.15, 0.2) is 48.5 Å². The highest BCUT2D eigenvalue weighted by Gasteiger charge is 2.15. The summed E-state index contributed by atoms with van der Waals surface area (Å²) < 4.78 is 6.68. The van der Waals surface area contributed by atoms with E-state index in [0.717, 1.165) is 3.57 Å². The minimum absolute atomic E-state index is 0.261. The summed E-state index contributed by atoms with van der Waals surface area (Å²) in [5, 5.41) is 11.6. The van der Waals surface area contributed by atoms with Crippen molar-refractivity contribution in [3.63, 3.8) is 0 Å². The molecule has 1 amide bonds. The average Bonchev–Trinajstić information content (AvgIpc) is 2.49. The third-order valence-corrected chi connectivity index (χ3v) is 3.47. The Morgan fingerprint density at radius 1 is 1.29 bits per heavy atom. The van der Waals surface area contributed by atoms with E-state index in [1.807, 2.05) is 30.3 Å². The predicted molar refractivity (Wildman–Crippen MR) is 89.0 cm³/mol. The number of hydrogen-bond acceptors (Lipinski definition) is 3. The molecule has 5 heteroatoms. The summed E-state index contributed by atoms with van der Waals surface area (Å²) in [6.45, 7) is 1.68. The number of benzene rings is 2. The number of anilines is 1. The Morgan fingerprint density at radius 2 is 2.00 bits per heavy atom. The van der Waals surface area contributed by atoms with Gasteiger partial charge in [0.2, 0.25) is 0 Å². The maximum Gasteiger partial charge on any atom is 0.265 e. The van der Waals surface area contributed by atoms with Crippen LogP contribution in [0, 0.1) is 14.9 Å². The molecule has 0 bridgehead atoms. The Hall–Kier alpha value is -2.07. The van der Waals surface area contributed by atoms with Gasteiger partial charge in [0, 0.05) is 9.26 Å². The number of carbonyl (C=O) groups is 1. The Balaban J connectivity index is 1.99. The summed E-state index contributed by atoms with van der Waals surface area (Å²) in [5.41, 5.74) is 1.08. The molecule has 0 heterocycles. The van der Waals surface area contributed by atoms with Crippen LogP contribution < -0.4 is 10.1 Å². The molecule has 21 heavy (non-hydrogen) atoms. The molecule has 0 unspecified atom stereocenters. The standard InChI is InChI=1S/C16H13IN2O2/c1-11(21-15-7-5-13(17)6-8-15)16(20)19-14-4-2-3-12(9-14)10-18/h2-9,11H,1H3,(H,19,20)/t11-/m1/s1. The van der Waals surface area contributed by atoms with Crippen LogP contribution in [0.2, 0.25) is 0 Å². The fraction of sp³-hybridized carbons (Fsp3) is 0.125. The molecule has 0 aliphatic carbocycles. The average molecular weight is 392 g/mol. The van der Waals surface area contributed by atoms with Gasteiger partial charge in [0.1, 0.15) is 5.75 Å². The van der Waals surface area contributed by atoms with Crippen LogP contribution >= 0.6 is 22.6 Å². The highest BCUT2D eigenvalue weighted by Crippen LogP contribution is 2.16. The van der Waals surface area contributed by atoms with Crippen LogP contribution in [0.4, 0.5) is 5.69 Å². The van der Waals surface area contributed by atoms with Gasteiger partial charge in [-0.05, 0) is 72.0 Å². The monoisotopic (exact) mass is 392 g/mol. The molecular weight excluding hydrogens is 379 g/mol.